The van der Waals surface area contributed by atoms with Crippen molar-refractivity contribution >= 4 is 23.3 Å². The number of nitrogens with one attached hydrogen (secondary N) is 2. The highest BCUT2D eigenvalue weighted by molar-refractivity contribution is 6.01. The van der Waals surface area contributed by atoms with Crippen molar-refractivity contribution in [2.75, 3.05) is 24.3 Å². The first-order valence-electron chi connectivity index (χ1n) is 7.07. The van der Waals surface area contributed by atoms with Crippen LogP contribution in [0, 0.1) is 5.82 Å². The Bertz CT molecular complexity index is 704. The molecule has 2 aromatic rings. The molecule has 0 aromatic heterocycles. The molecule has 0 atom stereocenters. The highest BCUT2D eigenvalue weighted by Crippen LogP contribution is 2.16. The fourth-order valence-corrected chi connectivity index (χ4v) is 2.01. The number of benzene rings is 2. The van der Waals surface area contributed by atoms with Gasteiger partial charge in [-0.2, -0.15) is 0 Å². The summed E-state index contributed by atoms with van der Waals surface area (Å²) in [5, 5.41) is 5.63. The lowest BCUT2D eigenvalue weighted by molar-refractivity contribution is -0.115. The van der Waals surface area contributed by atoms with Gasteiger partial charge in [0, 0.05) is 18.7 Å². The van der Waals surface area contributed by atoms with Crippen molar-refractivity contribution in [1.29, 1.82) is 0 Å². The van der Waals surface area contributed by atoms with E-state index < -0.39 is 5.97 Å². The molecule has 2 rings (SSSR count). The number of methoxy groups -OCH3 is 1. The zero-order chi connectivity index (χ0) is 16.7. The van der Waals surface area contributed by atoms with E-state index in [0.29, 0.717) is 23.5 Å². The number of hydrogen-bond donors (Lipinski definition) is 2. The molecule has 0 aliphatic heterocycles. The van der Waals surface area contributed by atoms with Crippen molar-refractivity contribution < 1.29 is 18.7 Å². The molecule has 0 aliphatic rings. The molecule has 0 fully saturated rings. The second kappa shape index (κ2) is 7.93. The van der Waals surface area contributed by atoms with Gasteiger partial charge in [0.05, 0.1) is 18.4 Å². The molecule has 2 aromatic carbocycles. The number of carbonyl (C=O) groups excluding carboxylic acids is 2. The lowest BCUT2D eigenvalue weighted by Gasteiger charge is -2.10. The summed E-state index contributed by atoms with van der Waals surface area (Å²) in [4.78, 5) is 23.6. The first-order chi connectivity index (χ1) is 11.1. The normalized spacial score (nSPS) is 10.0. The van der Waals surface area contributed by atoms with E-state index in [1.54, 1.807) is 36.4 Å². The van der Waals surface area contributed by atoms with Gasteiger partial charge in [0.1, 0.15) is 5.82 Å². The number of ether oxygens (including phenoxy) is 1. The van der Waals surface area contributed by atoms with Crippen molar-refractivity contribution in [2.45, 2.75) is 6.42 Å². The van der Waals surface area contributed by atoms with Crippen LogP contribution in [0.5, 0.6) is 0 Å². The second-order valence-corrected chi connectivity index (χ2v) is 4.77. The highest BCUT2D eigenvalue weighted by Gasteiger charge is 2.12. The maximum absolute atomic E-state index is 13.0. The van der Waals surface area contributed by atoms with E-state index in [-0.39, 0.29) is 18.1 Å². The van der Waals surface area contributed by atoms with Gasteiger partial charge in [0.25, 0.3) is 0 Å². The third kappa shape index (κ3) is 4.81. The molecule has 0 bridgehead atoms. The predicted molar refractivity (Wildman–Crippen MR) is 85.9 cm³/mol. The molecule has 0 saturated carbocycles. The number of rotatable bonds is 6. The maximum atomic E-state index is 13.0. The largest absolute Gasteiger partial charge is 0.465 e. The van der Waals surface area contributed by atoms with Crippen molar-refractivity contribution in [3.05, 3.63) is 59.9 Å². The van der Waals surface area contributed by atoms with Crippen LogP contribution in [0.2, 0.25) is 0 Å². The Hall–Kier alpha value is -2.89. The number of para-hydroxylation sites is 1. The smallest absolute Gasteiger partial charge is 0.339 e. The van der Waals surface area contributed by atoms with Crippen molar-refractivity contribution in [3.8, 4) is 0 Å². The number of halogens is 1. The quantitative estimate of drug-likeness (QED) is 0.804. The van der Waals surface area contributed by atoms with Crippen LogP contribution in [0.1, 0.15) is 16.8 Å². The summed E-state index contributed by atoms with van der Waals surface area (Å²) in [6.45, 7) is 0.343. The number of amides is 1. The molecular formula is C17H17FN2O3. The monoisotopic (exact) mass is 316 g/mol. The topological polar surface area (TPSA) is 67.4 Å². The molecule has 1 amide bonds. The molecule has 0 heterocycles. The second-order valence-electron chi connectivity index (χ2n) is 4.77. The summed E-state index contributed by atoms with van der Waals surface area (Å²) in [7, 11) is 1.28. The van der Waals surface area contributed by atoms with E-state index in [1.165, 1.54) is 19.2 Å². The molecule has 0 radical (unpaired) electrons. The first kappa shape index (κ1) is 16.5. The van der Waals surface area contributed by atoms with Gasteiger partial charge in [-0.05, 0) is 30.3 Å². The minimum absolute atomic E-state index is 0.173. The Morgan fingerprint density at radius 3 is 2.65 bits per heavy atom. The zero-order valence-electron chi connectivity index (χ0n) is 12.6. The Balaban J connectivity index is 1.89. The minimum Gasteiger partial charge on any atom is -0.465 e. The predicted octanol–water partition coefficient (Wildman–Crippen LogP) is 3.05. The molecule has 120 valence electrons. The van der Waals surface area contributed by atoms with E-state index >= 15 is 0 Å². The van der Waals surface area contributed by atoms with Crippen molar-refractivity contribution in [1.82, 2.24) is 0 Å². The first-order valence-corrected chi connectivity index (χ1v) is 7.07. The van der Waals surface area contributed by atoms with Gasteiger partial charge < -0.3 is 15.4 Å². The van der Waals surface area contributed by atoms with Crippen molar-refractivity contribution in [3.63, 3.8) is 0 Å². The van der Waals surface area contributed by atoms with Gasteiger partial charge in [-0.3, -0.25) is 4.79 Å². The van der Waals surface area contributed by atoms with Crippen molar-refractivity contribution in [2.24, 2.45) is 0 Å². The van der Waals surface area contributed by atoms with E-state index in [2.05, 4.69) is 15.4 Å². The molecule has 0 saturated heterocycles. The zero-order valence-corrected chi connectivity index (χ0v) is 12.6. The van der Waals surface area contributed by atoms with Crippen LogP contribution in [0.15, 0.2) is 48.5 Å². The fourth-order valence-electron chi connectivity index (χ4n) is 2.01. The summed E-state index contributed by atoms with van der Waals surface area (Å²) >= 11 is 0. The highest BCUT2D eigenvalue weighted by atomic mass is 19.1. The molecule has 0 unspecified atom stereocenters. The van der Waals surface area contributed by atoms with Crippen LogP contribution in [-0.4, -0.2) is 25.5 Å². The van der Waals surface area contributed by atoms with Gasteiger partial charge in [-0.25, -0.2) is 9.18 Å². The van der Waals surface area contributed by atoms with Crippen LogP contribution in [0.25, 0.3) is 0 Å². The molecule has 5 nitrogen and oxygen atoms in total. The van der Waals surface area contributed by atoms with E-state index in [4.69, 9.17) is 0 Å². The molecule has 2 N–H and O–H groups in total. The number of anilines is 2. The maximum Gasteiger partial charge on any atom is 0.339 e. The molecule has 0 aliphatic carbocycles. The summed E-state index contributed by atoms with van der Waals surface area (Å²) < 4.78 is 17.7. The number of hydrogen-bond acceptors (Lipinski definition) is 4. The summed E-state index contributed by atoms with van der Waals surface area (Å²) in [6.07, 6.45) is 0.173. The summed E-state index contributed by atoms with van der Waals surface area (Å²) in [5.74, 6) is -1.12. The summed E-state index contributed by atoms with van der Waals surface area (Å²) in [6, 6.07) is 12.6. The molecule has 23 heavy (non-hydrogen) atoms. The van der Waals surface area contributed by atoms with Crippen LogP contribution in [0.3, 0.4) is 0 Å². The van der Waals surface area contributed by atoms with Gasteiger partial charge >= 0.3 is 5.97 Å². The summed E-state index contributed by atoms with van der Waals surface area (Å²) in [5.41, 5.74) is 1.30. The van der Waals surface area contributed by atoms with Gasteiger partial charge in [-0.1, -0.05) is 18.2 Å². The van der Waals surface area contributed by atoms with Gasteiger partial charge in [0.2, 0.25) is 5.91 Å². The van der Waals surface area contributed by atoms with Crippen LogP contribution in [-0.2, 0) is 9.53 Å². The van der Waals surface area contributed by atoms with Gasteiger partial charge in [-0.15, -0.1) is 0 Å². The molecule has 6 heteroatoms. The number of carbonyl (C=O) groups is 2. The van der Waals surface area contributed by atoms with E-state index in [1.807, 2.05) is 0 Å². The SMILES string of the molecule is COC(=O)c1ccccc1NC(=O)CCNc1cccc(F)c1. The molecular weight excluding hydrogens is 299 g/mol. The Labute approximate surface area is 133 Å². The molecule has 0 spiro atoms. The number of esters is 1. The van der Waals surface area contributed by atoms with Gasteiger partial charge in [0.15, 0.2) is 0 Å². The minimum atomic E-state index is -0.515. The Morgan fingerprint density at radius 2 is 1.91 bits per heavy atom. The third-order valence-corrected chi connectivity index (χ3v) is 3.11. The van der Waals surface area contributed by atoms with Crippen LogP contribution >= 0.6 is 0 Å². The average Bonchev–Trinajstić information content (AvgIpc) is 2.55. The van der Waals surface area contributed by atoms with E-state index in [9.17, 15) is 14.0 Å². The standard InChI is InChI=1S/C17H17FN2O3/c1-23-17(22)14-7-2-3-8-15(14)20-16(21)9-10-19-13-6-4-5-12(18)11-13/h2-8,11,19H,9-10H2,1H3,(H,20,21). The van der Waals surface area contributed by atoms with Crippen LogP contribution < -0.4 is 10.6 Å². The Morgan fingerprint density at radius 1 is 1.13 bits per heavy atom. The van der Waals surface area contributed by atoms with E-state index in [0.717, 1.165) is 0 Å². The third-order valence-electron chi connectivity index (χ3n) is 3.11. The Kier molecular flexibility index (Phi) is 5.68. The lowest BCUT2D eigenvalue weighted by atomic mass is 10.1. The lowest BCUT2D eigenvalue weighted by Crippen LogP contribution is -2.18. The average molecular weight is 316 g/mol. The fraction of sp³-hybridized carbons (Fsp3) is 0.176. The van der Waals surface area contributed by atoms with Crippen LogP contribution in [0.4, 0.5) is 15.8 Å².